The van der Waals surface area contributed by atoms with Crippen LogP contribution in [0, 0.1) is 6.92 Å². The molecule has 0 aliphatic heterocycles. The Morgan fingerprint density at radius 2 is 1.96 bits per heavy atom. The Kier molecular flexibility index (Phi) is 5.80. The van der Waals surface area contributed by atoms with Crippen LogP contribution in [0.5, 0.6) is 5.75 Å². The number of aryl methyl sites for hydroxylation is 1. The molecule has 5 nitrogen and oxygen atoms in total. The molecule has 3 N–H and O–H groups in total. The fourth-order valence-electron chi connectivity index (χ4n) is 2.13. The largest absolute Gasteiger partial charge is 0.491 e. The first-order valence-electron chi connectivity index (χ1n) is 7.97. The third-order valence-corrected chi connectivity index (χ3v) is 3.36. The lowest BCUT2D eigenvalue weighted by Gasteiger charge is -2.23. The number of H-pyrrole nitrogens is 1. The van der Waals surface area contributed by atoms with Gasteiger partial charge in [-0.3, -0.25) is 0 Å². The first kappa shape index (κ1) is 17.5. The molecule has 0 spiro atoms. The molecule has 0 saturated heterocycles. The van der Waals surface area contributed by atoms with Crippen molar-refractivity contribution in [2.75, 3.05) is 13.2 Å². The second kappa shape index (κ2) is 7.62. The topological polar surface area (TPSA) is 70.2 Å². The number of imidazole rings is 1. The highest BCUT2D eigenvalue weighted by Gasteiger charge is 2.12. The maximum absolute atomic E-state index is 9.93. The van der Waals surface area contributed by atoms with Gasteiger partial charge in [0.2, 0.25) is 0 Å². The lowest BCUT2D eigenvalue weighted by Crippen LogP contribution is -2.42. The van der Waals surface area contributed by atoms with Crippen molar-refractivity contribution < 1.29 is 9.84 Å². The van der Waals surface area contributed by atoms with Crippen LogP contribution in [0.2, 0.25) is 0 Å². The van der Waals surface area contributed by atoms with Gasteiger partial charge in [-0.05, 0) is 45.4 Å². The van der Waals surface area contributed by atoms with Crippen LogP contribution in [0.15, 0.2) is 30.5 Å². The standard InChI is InChI=1S/C18H27N3O2/c1-13-10-19-17(21-13)9-14-5-7-16(8-6-14)23-12-15(22)11-20-18(2,3)4/h5-8,10,15,20,22H,9,11-12H2,1-4H3,(H,19,21)/t15-/m0/s1. The van der Waals surface area contributed by atoms with Gasteiger partial charge in [-0.25, -0.2) is 4.98 Å². The van der Waals surface area contributed by atoms with Gasteiger partial charge in [-0.1, -0.05) is 12.1 Å². The minimum atomic E-state index is -0.528. The Morgan fingerprint density at radius 3 is 2.52 bits per heavy atom. The monoisotopic (exact) mass is 317 g/mol. The molecule has 1 aromatic carbocycles. The number of aromatic amines is 1. The predicted octanol–water partition coefficient (Wildman–Crippen LogP) is 2.44. The van der Waals surface area contributed by atoms with Crippen LogP contribution in [0.3, 0.4) is 0 Å². The number of aromatic nitrogens is 2. The Balaban J connectivity index is 1.78. The second-order valence-corrected chi connectivity index (χ2v) is 6.93. The number of nitrogens with zero attached hydrogens (tertiary/aromatic N) is 1. The Morgan fingerprint density at radius 1 is 1.26 bits per heavy atom. The number of aliphatic hydroxyl groups is 1. The zero-order valence-corrected chi connectivity index (χ0v) is 14.4. The predicted molar refractivity (Wildman–Crippen MR) is 91.8 cm³/mol. The van der Waals surface area contributed by atoms with Crippen LogP contribution in [-0.4, -0.2) is 39.9 Å². The highest BCUT2D eigenvalue weighted by molar-refractivity contribution is 5.29. The fourth-order valence-corrected chi connectivity index (χ4v) is 2.13. The molecule has 0 radical (unpaired) electrons. The van der Waals surface area contributed by atoms with E-state index < -0.39 is 6.10 Å². The van der Waals surface area contributed by atoms with Gasteiger partial charge in [0, 0.05) is 30.4 Å². The van der Waals surface area contributed by atoms with Crippen molar-refractivity contribution in [2.45, 2.75) is 45.8 Å². The molecule has 1 heterocycles. The molecular formula is C18H27N3O2. The van der Waals surface area contributed by atoms with E-state index in [1.165, 1.54) is 5.56 Å². The molecule has 0 aliphatic carbocycles. The molecule has 23 heavy (non-hydrogen) atoms. The average Bonchev–Trinajstić information content (AvgIpc) is 2.89. The molecule has 2 aromatic rings. The second-order valence-electron chi connectivity index (χ2n) is 6.93. The molecule has 1 aromatic heterocycles. The van der Waals surface area contributed by atoms with E-state index in [2.05, 4.69) is 36.1 Å². The highest BCUT2D eigenvalue weighted by atomic mass is 16.5. The zero-order valence-electron chi connectivity index (χ0n) is 14.4. The molecular weight excluding hydrogens is 290 g/mol. The first-order valence-corrected chi connectivity index (χ1v) is 7.97. The Labute approximate surface area is 138 Å². The van der Waals surface area contributed by atoms with E-state index in [0.29, 0.717) is 6.54 Å². The van der Waals surface area contributed by atoms with Crippen molar-refractivity contribution >= 4 is 0 Å². The van der Waals surface area contributed by atoms with Crippen molar-refractivity contribution in [3.8, 4) is 5.75 Å². The number of rotatable bonds is 7. The molecule has 126 valence electrons. The van der Waals surface area contributed by atoms with E-state index in [4.69, 9.17) is 4.74 Å². The van der Waals surface area contributed by atoms with Gasteiger partial charge >= 0.3 is 0 Å². The summed E-state index contributed by atoms with van der Waals surface area (Å²) in [6.07, 6.45) is 2.08. The summed E-state index contributed by atoms with van der Waals surface area (Å²) < 4.78 is 5.63. The van der Waals surface area contributed by atoms with E-state index in [-0.39, 0.29) is 12.1 Å². The Bertz CT molecular complexity index is 599. The van der Waals surface area contributed by atoms with Gasteiger partial charge in [0.1, 0.15) is 24.3 Å². The number of ether oxygens (including phenoxy) is 1. The van der Waals surface area contributed by atoms with Crippen LogP contribution < -0.4 is 10.1 Å². The van der Waals surface area contributed by atoms with Gasteiger partial charge in [0.25, 0.3) is 0 Å². The first-order chi connectivity index (χ1) is 10.8. The SMILES string of the molecule is Cc1cnc(Cc2ccc(OC[C@@H](O)CNC(C)(C)C)cc2)[nH]1. The number of nitrogens with one attached hydrogen (secondary N) is 2. The summed E-state index contributed by atoms with van der Waals surface area (Å²) >= 11 is 0. The summed E-state index contributed by atoms with van der Waals surface area (Å²) in [4.78, 5) is 7.53. The van der Waals surface area contributed by atoms with Gasteiger partial charge in [0.15, 0.2) is 0 Å². The number of β-amino-alcohol motifs (C(OH)–C–C–N with tert-alkyl or cyclic N) is 1. The smallest absolute Gasteiger partial charge is 0.119 e. The molecule has 0 aliphatic rings. The van der Waals surface area contributed by atoms with E-state index in [0.717, 1.165) is 23.7 Å². The van der Waals surface area contributed by atoms with Crippen LogP contribution in [0.1, 0.15) is 37.9 Å². The third kappa shape index (κ3) is 6.42. The number of benzene rings is 1. The zero-order chi connectivity index (χ0) is 16.9. The quantitative estimate of drug-likeness (QED) is 0.733. The summed E-state index contributed by atoms with van der Waals surface area (Å²) in [6.45, 7) is 8.99. The maximum atomic E-state index is 9.93. The van der Waals surface area contributed by atoms with Gasteiger partial charge < -0.3 is 20.1 Å². The van der Waals surface area contributed by atoms with Crippen LogP contribution in [0.4, 0.5) is 0 Å². The maximum Gasteiger partial charge on any atom is 0.119 e. The summed E-state index contributed by atoms with van der Waals surface area (Å²) in [7, 11) is 0. The molecule has 0 unspecified atom stereocenters. The lowest BCUT2D eigenvalue weighted by molar-refractivity contribution is 0.100. The minimum Gasteiger partial charge on any atom is -0.491 e. The highest BCUT2D eigenvalue weighted by Crippen LogP contribution is 2.14. The van der Waals surface area contributed by atoms with Crippen molar-refractivity contribution in [1.29, 1.82) is 0 Å². The average molecular weight is 317 g/mol. The molecule has 5 heteroatoms. The number of hydrogen-bond donors (Lipinski definition) is 3. The van der Waals surface area contributed by atoms with Gasteiger partial charge in [0.05, 0.1) is 0 Å². The van der Waals surface area contributed by atoms with E-state index in [1.807, 2.05) is 37.4 Å². The summed E-state index contributed by atoms with van der Waals surface area (Å²) in [6, 6.07) is 7.89. The van der Waals surface area contributed by atoms with Crippen LogP contribution in [-0.2, 0) is 6.42 Å². The minimum absolute atomic E-state index is 0.00711. The van der Waals surface area contributed by atoms with E-state index in [9.17, 15) is 5.11 Å². The van der Waals surface area contributed by atoms with Crippen molar-refractivity contribution in [1.82, 2.24) is 15.3 Å². The molecule has 1 atom stereocenters. The summed E-state index contributed by atoms with van der Waals surface area (Å²) in [5.74, 6) is 1.72. The molecule has 2 rings (SSSR count). The van der Waals surface area contributed by atoms with E-state index >= 15 is 0 Å². The summed E-state index contributed by atoms with van der Waals surface area (Å²) in [5.41, 5.74) is 2.23. The van der Waals surface area contributed by atoms with Crippen molar-refractivity contribution in [2.24, 2.45) is 0 Å². The van der Waals surface area contributed by atoms with Gasteiger partial charge in [-0.15, -0.1) is 0 Å². The normalized spacial score (nSPS) is 13.1. The van der Waals surface area contributed by atoms with Crippen LogP contribution >= 0.6 is 0 Å². The van der Waals surface area contributed by atoms with Gasteiger partial charge in [-0.2, -0.15) is 0 Å². The lowest BCUT2D eigenvalue weighted by atomic mass is 10.1. The third-order valence-electron chi connectivity index (χ3n) is 3.36. The van der Waals surface area contributed by atoms with E-state index in [1.54, 1.807) is 0 Å². The molecule has 0 bridgehead atoms. The van der Waals surface area contributed by atoms with Crippen molar-refractivity contribution in [3.05, 3.63) is 47.5 Å². The van der Waals surface area contributed by atoms with Crippen LogP contribution in [0.25, 0.3) is 0 Å². The number of hydrogen-bond acceptors (Lipinski definition) is 4. The number of aliphatic hydroxyl groups excluding tert-OH is 1. The Hall–Kier alpha value is -1.85. The fraction of sp³-hybridized carbons (Fsp3) is 0.500. The molecule has 0 saturated carbocycles. The molecule has 0 amide bonds. The summed E-state index contributed by atoms with van der Waals surface area (Å²) in [5, 5.41) is 13.2. The molecule has 0 fully saturated rings. The van der Waals surface area contributed by atoms with Crippen molar-refractivity contribution in [3.63, 3.8) is 0 Å².